The molecule has 4 heteroatoms. The van der Waals surface area contributed by atoms with E-state index in [9.17, 15) is 9.59 Å². The van der Waals surface area contributed by atoms with E-state index < -0.39 is 6.04 Å². The first kappa shape index (κ1) is 14.3. The summed E-state index contributed by atoms with van der Waals surface area (Å²) in [4.78, 5) is 25.5. The van der Waals surface area contributed by atoms with Gasteiger partial charge in [0.1, 0.15) is 6.04 Å². The quantitative estimate of drug-likeness (QED) is 0.838. The molecule has 0 aromatic heterocycles. The summed E-state index contributed by atoms with van der Waals surface area (Å²) in [5.74, 6) is -0.0112. The van der Waals surface area contributed by atoms with Crippen LogP contribution in [-0.4, -0.2) is 29.4 Å². The lowest BCUT2D eigenvalue weighted by Gasteiger charge is -2.17. The fraction of sp³-hybridized carbons (Fsp3) is 0.375. The lowest BCUT2D eigenvalue weighted by Crippen LogP contribution is -2.36. The van der Waals surface area contributed by atoms with Crippen molar-refractivity contribution in [3.63, 3.8) is 0 Å². The molecule has 1 saturated heterocycles. The number of nitrogens with one attached hydrogen (secondary N) is 1. The number of rotatable bonds is 5. The van der Waals surface area contributed by atoms with Gasteiger partial charge < -0.3 is 5.32 Å². The number of carbonyl (C=O) groups excluding carboxylic acids is 2. The predicted molar refractivity (Wildman–Crippen MR) is 79.0 cm³/mol. The van der Waals surface area contributed by atoms with Gasteiger partial charge in [-0.2, -0.15) is 0 Å². The molecule has 0 saturated carbocycles. The highest BCUT2D eigenvalue weighted by molar-refractivity contribution is 6.05. The molecule has 0 bridgehead atoms. The summed E-state index contributed by atoms with van der Waals surface area (Å²) in [6, 6.07) is 8.86. The number of benzene rings is 1. The zero-order valence-corrected chi connectivity index (χ0v) is 11.9. The molecule has 3 amide bonds. The van der Waals surface area contributed by atoms with E-state index in [1.165, 1.54) is 4.90 Å². The zero-order valence-electron chi connectivity index (χ0n) is 11.9. The van der Waals surface area contributed by atoms with Crippen molar-refractivity contribution in [3.8, 4) is 0 Å². The SMILES string of the molecule is C=C(CN1C(=O)N[C@@H]([C@@H](C)CC)C1=O)c1ccccc1. The fourth-order valence-electron chi connectivity index (χ4n) is 2.27. The van der Waals surface area contributed by atoms with Crippen molar-refractivity contribution < 1.29 is 9.59 Å². The maximum absolute atomic E-state index is 12.3. The smallest absolute Gasteiger partial charge is 0.325 e. The second-order valence-corrected chi connectivity index (χ2v) is 5.21. The normalized spacial score (nSPS) is 19.9. The Morgan fingerprint density at radius 2 is 2.00 bits per heavy atom. The highest BCUT2D eigenvalue weighted by atomic mass is 16.2. The van der Waals surface area contributed by atoms with Gasteiger partial charge in [0.25, 0.3) is 5.91 Å². The Bertz CT molecular complexity index is 525. The number of hydrogen-bond donors (Lipinski definition) is 1. The highest BCUT2D eigenvalue weighted by Crippen LogP contribution is 2.20. The molecule has 0 radical (unpaired) electrons. The van der Waals surface area contributed by atoms with Crippen LogP contribution in [0.1, 0.15) is 25.8 Å². The maximum Gasteiger partial charge on any atom is 0.325 e. The lowest BCUT2D eigenvalue weighted by atomic mass is 9.99. The van der Waals surface area contributed by atoms with E-state index >= 15 is 0 Å². The van der Waals surface area contributed by atoms with Crippen molar-refractivity contribution in [2.75, 3.05) is 6.54 Å². The summed E-state index contributed by atoms with van der Waals surface area (Å²) in [5.41, 5.74) is 1.71. The predicted octanol–water partition coefficient (Wildman–Crippen LogP) is 2.67. The Kier molecular flexibility index (Phi) is 4.23. The monoisotopic (exact) mass is 272 g/mol. The molecule has 2 rings (SSSR count). The molecule has 1 aliphatic rings. The van der Waals surface area contributed by atoms with Crippen LogP contribution in [0.5, 0.6) is 0 Å². The summed E-state index contributed by atoms with van der Waals surface area (Å²) < 4.78 is 0. The number of imide groups is 1. The maximum atomic E-state index is 12.3. The van der Waals surface area contributed by atoms with Gasteiger partial charge in [0.2, 0.25) is 0 Å². The Hall–Kier alpha value is -2.10. The van der Waals surface area contributed by atoms with Gasteiger partial charge in [-0.3, -0.25) is 9.69 Å². The van der Waals surface area contributed by atoms with Crippen LogP contribution >= 0.6 is 0 Å². The van der Waals surface area contributed by atoms with Crippen LogP contribution in [0.15, 0.2) is 36.9 Å². The molecule has 0 unspecified atom stereocenters. The van der Waals surface area contributed by atoms with Gasteiger partial charge in [-0.1, -0.05) is 57.2 Å². The number of hydrogen-bond acceptors (Lipinski definition) is 2. The molecule has 0 aliphatic carbocycles. The summed E-state index contributed by atoms with van der Waals surface area (Å²) >= 11 is 0. The molecule has 1 aliphatic heterocycles. The number of nitrogens with zero attached hydrogens (tertiary/aromatic N) is 1. The van der Waals surface area contributed by atoms with Crippen molar-refractivity contribution in [2.45, 2.75) is 26.3 Å². The van der Waals surface area contributed by atoms with E-state index in [-0.39, 0.29) is 24.4 Å². The second kappa shape index (κ2) is 5.90. The van der Waals surface area contributed by atoms with Crippen molar-refractivity contribution in [1.29, 1.82) is 0 Å². The van der Waals surface area contributed by atoms with Gasteiger partial charge >= 0.3 is 6.03 Å². The topological polar surface area (TPSA) is 49.4 Å². The van der Waals surface area contributed by atoms with Crippen LogP contribution in [0.4, 0.5) is 4.79 Å². The van der Waals surface area contributed by atoms with Gasteiger partial charge in [0.15, 0.2) is 0 Å². The third-order valence-corrected chi connectivity index (χ3v) is 3.80. The Balaban J connectivity index is 2.08. The van der Waals surface area contributed by atoms with Crippen molar-refractivity contribution in [2.24, 2.45) is 5.92 Å². The van der Waals surface area contributed by atoms with E-state index in [1.54, 1.807) is 0 Å². The van der Waals surface area contributed by atoms with E-state index in [2.05, 4.69) is 11.9 Å². The van der Waals surface area contributed by atoms with Crippen LogP contribution in [0.3, 0.4) is 0 Å². The molecular formula is C16H20N2O2. The summed E-state index contributed by atoms with van der Waals surface area (Å²) in [6.45, 7) is 8.19. The third-order valence-electron chi connectivity index (χ3n) is 3.80. The van der Waals surface area contributed by atoms with Gasteiger partial charge in [0, 0.05) is 0 Å². The van der Waals surface area contributed by atoms with Crippen LogP contribution in [-0.2, 0) is 4.79 Å². The van der Waals surface area contributed by atoms with E-state index in [4.69, 9.17) is 0 Å². The standard InChI is InChI=1S/C16H20N2O2/c1-4-11(2)14-15(19)18(16(20)17-14)10-12(3)13-8-6-5-7-9-13/h5-9,11,14H,3-4,10H2,1-2H3,(H,17,20)/t11-,14-/m0/s1. The number of carbonyl (C=O) groups is 2. The van der Waals surface area contributed by atoms with E-state index in [0.717, 1.165) is 17.6 Å². The fourth-order valence-corrected chi connectivity index (χ4v) is 2.27. The minimum absolute atomic E-state index is 0.140. The van der Waals surface area contributed by atoms with E-state index in [0.29, 0.717) is 0 Å². The Morgan fingerprint density at radius 1 is 1.35 bits per heavy atom. The third kappa shape index (κ3) is 2.74. The van der Waals surface area contributed by atoms with Crippen molar-refractivity contribution in [3.05, 3.63) is 42.5 Å². The second-order valence-electron chi connectivity index (χ2n) is 5.21. The van der Waals surface area contributed by atoms with Crippen LogP contribution in [0.2, 0.25) is 0 Å². The molecule has 0 spiro atoms. The largest absolute Gasteiger partial charge is 0.326 e. The average molecular weight is 272 g/mol. The summed E-state index contributed by atoms with van der Waals surface area (Å²) in [7, 11) is 0. The van der Waals surface area contributed by atoms with Crippen LogP contribution in [0.25, 0.3) is 5.57 Å². The first-order valence-electron chi connectivity index (χ1n) is 6.89. The lowest BCUT2D eigenvalue weighted by molar-refractivity contribution is -0.128. The van der Waals surface area contributed by atoms with Gasteiger partial charge in [0.05, 0.1) is 6.54 Å². The zero-order chi connectivity index (χ0) is 14.7. The molecule has 1 heterocycles. The molecule has 1 aromatic carbocycles. The number of urea groups is 1. The first-order chi connectivity index (χ1) is 9.54. The summed E-state index contributed by atoms with van der Waals surface area (Å²) in [5, 5.41) is 2.76. The summed E-state index contributed by atoms with van der Waals surface area (Å²) in [6.07, 6.45) is 0.851. The minimum atomic E-state index is -0.406. The van der Waals surface area contributed by atoms with Crippen molar-refractivity contribution >= 4 is 17.5 Å². The molecular weight excluding hydrogens is 252 g/mol. The van der Waals surface area contributed by atoms with Crippen LogP contribution in [0, 0.1) is 5.92 Å². The molecule has 20 heavy (non-hydrogen) atoms. The molecule has 2 atom stereocenters. The van der Waals surface area contributed by atoms with Gasteiger partial charge in [-0.25, -0.2) is 4.79 Å². The van der Waals surface area contributed by atoms with Gasteiger partial charge in [-0.15, -0.1) is 0 Å². The molecule has 1 fully saturated rings. The van der Waals surface area contributed by atoms with Crippen LogP contribution < -0.4 is 5.32 Å². The minimum Gasteiger partial charge on any atom is -0.326 e. The molecule has 106 valence electrons. The highest BCUT2D eigenvalue weighted by Gasteiger charge is 2.40. The van der Waals surface area contributed by atoms with Gasteiger partial charge in [-0.05, 0) is 17.1 Å². The Labute approximate surface area is 119 Å². The average Bonchev–Trinajstić information content (AvgIpc) is 2.75. The number of amides is 3. The molecule has 1 aromatic rings. The first-order valence-corrected chi connectivity index (χ1v) is 6.89. The van der Waals surface area contributed by atoms with Crippen molar-refractivity contribution in [1.82, 2.24) is 10.2 Å². The molecule has 4 nitrogen and oxygen atoms in total. The van der Waals surface area contributed by atoms with E-state index in [1.807, 2.05) is 44.2 Å². The molecule has 1 N–H and O–H groups in total. The Morgan fingerprint density at radius 3 is 2.60 bits per heavy atom.